The highest BCUT2D eigenvalue weighted by Gasteiger charge is 2.15. The van der Waals surface area contributed by atoms with Crippen LogP contribution in [-0.2, 0) is 0 Å². The van der Waals surface area contributed by atoms with Crippen LogP contribution >= 0.6 is 11.8 Å². The zero-order valence-electron chi connectivity index (χ0n) is 10.9. The molecule has 4 heteroatoms. The van der Waals surface area contributed by atoms with Crippen molar-refractivity contribution in [3.8, 4) is 22.4 Å². The number of halogens is 1. The highest BCUT2D eigenvalue weighted by atomic mass is 32.2. The minimum absolute atomic E-state index is 0.236. The van der Waals surface area contributed by atoms with Crippen molar-refractivity contribution >= 4 is 11.8 Å². The lowest BCUT2D eigenvalue weighted by atomic mass is 10.0. The Morgan fingerprint density at radius 1 is 0.950 bits per heavy atom. The van der Waals surface area contributed by atoms with Crippen molar-refractivity contribution < 1.29 is 4.39 Å². The van der Waals surface area contributed by atoms with E-state index in [2.05, 4.69) is 22.3 Å². The number of aromatic nitrogens is 2. The standard InChI is InChI=1S/C16H13FN2S/c1-20-16-14(11-5-3-2-4-6-11)15(18-19-16)12-7-9-13(17)10-8-12/h2-10H,1H3,(H,18,19). The summed E-state index contributed by atoms with van der Waals surface area (Å²) in [6.45, 7) is 0. The summed E-state index contributed by atoms with van der Waals surface area (Å²) in [5.74, 6) is -0.236. The molecule has 0 bridgehead atoms. The third kappa shape index (κ3) is 2.34. The second-order valence-electron chi connectivity index (χ2n) is 4.36. The van der Waals surface area contributed by atoms with E-state index in [1.54, 1.807) is 23.9 Å². The van der Waals surface area contributed by atoms with Crippen LogP contribution in [0, 0.1) is 5.82 Å². The number of hydrogen-bond acceptors (Lipinski definition) is 2. The van der Waals surface area contributed by atoms with Crippen molar-refractivity contribution in [3.05, 3.63) is 60.4 Å². The van der Waals surface area contributed by atoms with Gasteiger partial charge in [-0.1, -0.05) is 30.3 Å². The molecular formula is C16H13FN2S. The molecule has 20 heavy (non-hydrogen) atoms. The Balaban J connectivity index is 2.17. The summed E-state index contributed by atoms with van der Waals surface area (Å²) >= 11 is 1.59. The van der Waals surface area contributed by atoms with E-state index in [9.17, 15) is 4.39 Å². The molecule has 0 fully saturated rings. The Morgan fingerprint density at radius 2 is 1.65 bits per heavy atom. The molecule has 0 amide bonds. The number of hydrogen-bond donors (Lipinski definition) is 1. The number of rotatable bonds is 3. The molecule has 0 atom stereocenters. The Kier molecular flexibility index (Phi) is 3.56. The summed E-state index contributed by atoms with van der Waals surface area (Å²) in [6.07, 6.45) is 2.00. The van der Waals surface area contributed by atoms with Crippen LogP contribution < -0.4 is 0 Å². The normalized spacial score (nSPS) is 10.7. The highest BCUT2D eigenvalue weighted by Crippen LogP contribution is 2.36. The fourth-order valence-corrected chi connectivity index (χ4v) is 2.73. The van der Waals surface area contributed by atoms with Crippen LogP contribution in [0.3, 0.4) is 0 Å². The van der Waals surface area contributed by atoms with Crippen molar-refractivity contribution in [1.82, 2.24) is 10.2 Å². The number of benzene rings is 2. The molecule has 0 aliphatic carbocycles. The zero-order valence-corrected chi connectivity index (χ0v) is 11.7. The number of aromatic amines is 1. The number of thioether (sulfide) groups is 1. The number of nitrogens with zero attached hydrogens (tertiary/aromatic N) is 1. The van der Waals surface area contributed by atoms with Gasteiger partial charge in [0, 0.05) is 11.1 Å². The monoisotopic (exact) mass is 284 g/mol. The van der Waals surface area contributed by atoms with Gasteiger partial charge in [-0.15, -0.1) is 11.8 Å². The second-order valence-corrected chi connectivity index (χ2v) is 5.15. The molecule has 0 saturated heterocycles. The fraction of sp³-hybridized carbons (Fsp3) is 0.0625. The molecule has 0 spiro atoms. The van der Waals surface area contributed by atoms with Gasteiger partial charge in [0.25, 0.3) is 0 Å². The van der Waals surface area contributed by atoms with Gasteiger partial charge in [0.1, 0.15) is 10.8 Å². The largest absolute Gasteiger partial charge is 0.276 e. The quantitative estimate of drug-likeness (QED) is 0.712. The van der Waals surface area contributed by atoms with Crippen LogP contribution in [0.25, 0.3) is 22.4 Å². The minimum atomic E-state index is -0.236. The average molecular weight is 284 g/mol. The smallest absolute Gasteiger partial charge is 0.126 e. The molecule has 3 rings (SSSR count). The zero-order chi connectivity index (χ0) is 13.9. The van der Waals surface area contributed by atoms with Crippen molar-refractivity contribution in [2.75, 3.05) is 6.26 Å². The van der Waals surface area contributed by atoms with E-state index >= 15 is 0 Å². The number of nitrogens with one attached hydrogen (secondary N) is 1. The molecule has 3 aromatic rings. The first-order valence-corrected chi connectivity index (χ1v) is 7.46. The van der Waals surface area contributed by atoms with Crippen LogP contribution in [0.5, 0.6) is 0 Å². The van der Waals surface area contributed by atoms with Gasteiger partial charge in [0.05, 0.1) is 5.69 Å². The van der Waals surface area contributed by atoms with Crippen molar-refractivity contribution in [2.24, 2.45) is 0 Å². The Morgan fingerprint density at radius 3 is 2.30 bits per heavy atom. The first-order valence-electron chi connectivity index (χ1n) is 6.23. The summed E-state index contributed by atoms with van der Waals surface area (Å²) in [5, 5.41) is 8.36. The van der Waals surface area contributed by atoms with E-state index in [0.29, 0.717) is 0 Å². The van der Waals surface area contributed by atoms with Crippen LogP contribution in [0.4, 0.5) is 4.39 Å². The SMILES string of the molecule is CSc1n[nH]c(-c2ccc(F)cc2)c1-c1ccccc1. The summed E-state index contributed by atoms with van der Waals surface area (Å²) < 4.78 is 13.1. The topological polar surface area (TPSA) is 28.7 Å². The second kappa shape index (κ2) is 5.51. The van der Waals surface area contributed by atoms with E-state index in [4.69, 9.17) is 0 Å². The summed E-state index contributed by atoms with van der Waals surface area (Å²) in [7, 11) is 0. The van der Waals surface area contributed by atoms with Crippen molar-refractivity contribution in [2.45, 2.75) is 5.03 Å². The van der Waals surface area contributed by atoms with E-state index < -0.39 is 0 Å². The highest BCUT2D eigenvalue weighted by molar-refractivity contribution is 7.98. The predicted molar refractivity (Wildman–Crippen MR) is 81.2 cm³/mol. The summed E-state index contributed by atoms with van der Waals surface area (Å²) in [5.41, 5.74) is 4.01. The molecule has 100 valence electrons. The van der Waals surface area contributed by atoms with E-state index in [-0.39, 0.29) is 5.82 Å². The van der Waals surface area contributed by atoms with Gasteiger partial charge in [-0.05, 0) is 36.1 Å². The maximum Gasteiger partial charge on any atom is 0.126 e. The average Bonchev–Trinajstić information content (AvgIpc) is 2.93. The van der Waals surface area contributed by atoms with E-state index in [1.807, 2.05) is 24.5 Å². The molecule has 2 aromatic carbocycles. The third-order valence-electron chi connectivity index (χ3n) is 3.12. The van der Waals surface area contributed by atoms with E-state index in [0.717, 1.165) is 27.4 Å². The molecule has 0 unspecified atom stereocenters. The van der Waals surface area contributed by atoms with Gasteiger partial charge in [-0.3, -0.25) is 5.10 Å². The Hall–Kier alpha value is -2.07. The van der Waals surface area contributed by atoms with Gasteiger partial charge in [0.15, 0.2) is 0 Å². The first kappa shape index (κ1) is 12.9. The van der Waals surface area contributed by atoms with Crippen molar-refractivity contribution in [1.29, 1.82) is 0 Å². The molecule has 1 aromatic heterocycles. The lowest BCUT2D eigenvalue weighted by Gasteiger charge is -2.05. The lowest BCUT2D eigenvalue weighted by Crippen LogP contribution is -1.84. The molecule has 0 radical (unpaired) electrons. The van der Waals surface area contributed by atoms with Crippen LogP contribution in [-0.4, -0.2) is 16.5 Å². The van der Waals surface area contributed by atoms with Gasteiger partial charge < -0.3 is 0 Å². The first-order chi connectivity index (χ1) is 9.79. The van der Waals surface area contributed by atoms with Gasteiger partial charge in [0.2, 0.25) is 0 Å². The van der Waals surface area contributed by atoms with Gasteiger partial charge >= 0.3 is 0 Å². The molecule has 0 saturated carbocycles. The van der Waals surface area contributed by atoms with Crippen LogP contribution in [0.1, 0.15) is 0 Å². The van der Waals surface area contributed by atoms with Gasteiger partial charge in [-0.2, -0.15) is 5.10 Å². The maximum atomic E-state index is 13.1. The number of H-pyrrole nitrogens is 1. The molecular weight excluding hydrogens is 271 g/mol. The molecule has 1 heterocycles. The summed E-state index contributed by atoms with van der Waals surface area (Å²) in [4.78, 5) is 0. The molecule has 1 N–H and O–H groups in total. The Labute approximate surface area is 121 Å². The molecule has 2 nitrogen and oxygen atoms in total. The Bertz CT molecular complexity index is 705. The van der Waals surface area contributed by atoms with Crippen LogP contribution in [0.2, 0.25) is 0 Å². The predicted octanol–water partition coefficient (Wildman–Crippen LogP) is 4.60. The summed E-state index contributed by atoms with van der Waals surface area (Å²) in [6, 6.07) is 16.5. The lowest BCUT2D eigenvalue weighted by molar-refractivity contribution is 0.628. The van der Waals surface area contributed by atoms with E-state index in [1.165, 1.54) is 12.1 Å². The fourth-order valence-electron chi connectivity index (χ4n) is 2.17. The van der Waals surface area contributed by atoms with Gasteiger partial charge in [-0.25, -0.2) is 4.39 Å². The minimum Gasteiger partial charge on any atom is -0.276 e. The van der Waals surface area contributed by atoms with Crippen LogP contribution in [0.15, 0.2) is 59.6 Å². The van der Waals surface area contributed by atoms with Crippen molar-refractivity contribution in [3.63, 3.8) is 0 Å². The third-order valence-corrected chi connectivity index (χ3v) is 3.80. The molecule has 0 aliphatic heterocycles. The maximum absolute atomic E-state index is 13.1. The molecule has 0 aliphatic rings.